The average molecular weight is 427 g/mol. The molecule has 0 N–H and O–H groups in total. The van der Waals surface area contributed by atoms with Gasteiger partial charge in [-0.2, -0.15) is 14.5 Å². The van der Waals surface area contributed by atoms with Crippen molar-refractivity contribution in [1.29, 1.82) is 0 Å². The minimum Gasteiger partial charge on any atom is -0.496 e. The summed E-state index contributed by atoms with van der Waals surface area (Å²) in [5.74, 6) is 1.06. The number of rotatable bonds is 6. The van der Waals surface area contributed by atoms with Crippen molar-refractivity contribution in [3.8, 4) is 28.4 Å². The summed E-state index contributed by atoms with van der Waals surface area (Å²) in [5.41, 5.74) is 2.50. The van der Waals surface area contributed by atoms with Crippen molar-refractivity contribution in [1.82, 2.24) is 29.6 Å². The molecule has 0 fully saturated rings. The highest BCUT2D eigenvalue weighted by Gasteiger charge is 2.16. The average Bonchev–Trinajstić information content (AvgIpc) is 3.32. The molecule has 0 unspecified atom stereocenters. The molecule has 2 heterocycles. The third-order valence-electron chi connectivity index (χ3n) is 4.59. The maximum Gasteiger partial charge on any atom is 0.368 e. The lowest BCUT2D eigenvalue weighted by Crippen LogP contribution is -2.23. The van der Waals surface area contributed by atoms with E-state index in [0.29, 0.717) is 27.8 Å². The Morgan fingerprint density at radius 1 is 1.07 bits per heavy atom. The van der Waals surface area contributed by atoms with Crippen LogP contribution in [-0.2, 0) is 20.7 Å². The Bertz CT molecular complexity index is 1260. The van der Waals surface area contributed by atoms with E-state index in [0.717, 1.165) is 15.9 Å². The molecule has 10 heteroatoms. The van der Waals surface area contributed by atoms with E-state index in [2.05, 4.69) is 15.5 Å². The second-order valence-electron chi connectivity index (χ2n) is 6.56. The number of benzene rings is 2. The van der Waals surface area contributed by atoms with E-state index in [4.69, 9.17) is 21.1 Å². The second kappa shape index (κ2) is 8.03. The van der Waals surface area contributed by atoms with Crippen molar-refractivity contribution >= 4 is 11.6 Å². The molecule has 2 aromatic heterocycles. The Morgan fingerprint density at radius 3 is 2.53 bits per heavy atom. The molecule has 0 bridgehead atoms. The summed E-state index contributed by atoms with van der Waals surface area (Å²) in [4.78, 5) is 12.3. The molecule has 0 amide bonds. The highest BCUT2D eigenvalue weighted by Crippen LogP contribution is 2.32. The molecule has 9 nitrogen and oxygen atoms in total. The van der Waals surface area contributed by atoms with E-state index in [9.17, 15) is 4.79 Å². The minimum atomic E-state index is -0.373. The van der Waals surface area contributed by atoms with Gasteiger partial charge in [-0.15, -0.1) is 0 Å². The Balaban J connectivity index is 1.64. The second-order valence-corrected chi connectivity index (χ2v) is 6.97. The first-order chi connectivity index (χ1) is 14.5. The van der Waals surface area contributed by atoms with Crippen LogP contribution in [0.5, 0.6) is 11.5 Å². The first kappa shape index (κ1) is 19.7. The zero-order valence-electron chi connectivity index (χ0n) is 16.6. The summed E-state index contributed by atoms with van der Waals surface area (Å²) in [6.07, 6.45) is 1.87. The van der Waals surface area contributed by atoms with Crippen LogP contribution in [0.15, 0.2) is 53.5 Å². The van der Waals surface area contributed by atoms with Crippen LogP contribution in [0.1, 0.15) is 5.56 Å². The Hall–Kier alpha value is -3.59. The zero-order chi connectivity index (χ0) is 21.3. The molecule has 154 valence electrons. The normalized spacial score (nSPS) is 10.9. The van der Waals surface area contributed by atoms with E-state index < -0.39 is 0 Å². The maximum absolute atomic E-state index is 12.3. The number of hydrogen-bond acceptors (Lipinski definition) is 6. The molecule has 0 atom stereocenters. The topological polar surface area (TPSA) is 89.0 Å². The summed E-state index contributed by atoms with van der Waals surface area (Å²) in [7, 11) is 4.94. The fourth-order valence-corrected chi connectivity index (χ4v) is 3.28. The molecule has 0 aliphatic carbocycles. The summed E-state index contributed by atoms with van der Waals surface area (Å²) in [6.45, 7) is 0.116. The molecule has 0 aliphatic rings. The highest BCUT2D eigenvalue weighted by molar-refractivity contribution is 6.32. The van der Waals surface area contributed by atoms with Crippen LogP contribution in [0.3, 0.4) is 0 Å². The van der Waals surface area contributed by atoms with Crippen molar-refractivity contribution < 1.29 is 9.47 Å². The summed E-state index contributed by atoms with van der Waals surface area (Å²) in [6, 6.07) is 12.7. The highest BCUT2D eigenvalue weighted by atomic mass is 35.5. The van der Waals surface area contributed by atoms with Crippen molar-refractivity contribution in [2.45, 2.75) is 6.61 Å². The molecule has 2 aromatic carbocycles. The predicted molar refractivity (Wildman–Crippen MR) is 111 cm³/mol. The van der Waals surface area contributed by atoms with Gasteiger partial charge in [0, 0.05) is 25.9 Å². The lowest BCUT2D eigenvalue weighted by Gasteiger charge is -2.15. The number of aromatic nitrogens is 6. The monoisotopic (exact) mass is 426 g/mol. The van der Waals surface area contributed by atoms with E-state index in [1.165, 1.54) is 11.7 Å². The summed E-state index contributed by atoms with van der Waals surface area (Å²) < 4.78 is 15.5. The zero-order valence-corrected chi connectivity index (χ0v) is 17.4. The molecule has 0 spiro atoms. The van der Waals surface area contributed by atoms with Crippen molar-refractivity contribution in [2.75, 3.05) is 7.11 Å². The van der Waals surface area contributed by atoms with Crippen LogP contribution in [-0.4, -0.2) is 36.7 Å². The van der Waals surface area contributed by atoms with Crippen molar-refractivity contribution in [3.63, 3.8) is 0 Å². The van der Waals surface area contributed by atoms with E-state index >= 15 is 0 Å². The van der Waals surface area contributed by atoms with Crippen molar-refractivity contribution in [3.05, 3.63) is 69.7 Å². The Labute approximate surface area is 177 Å². The third kappa shape index (κ3) is 3.67. The van der Waals surface area contributed by atoms with Gasteiger partial charge in [0.25, 0.3) is 0 Å². The molecule has 0 saturated heterocycles. The van der Waals surface area contributed by atoms with Crippen LogP contribution >= 0.6 is 11.6 Å². The van der Waals surface area contributed by atoms with Crippen LogP contribution in [0.25, 0.3) is 16.9 Å². The predicted octanol–water partition coefficient (Wildman–Crippen LogP) is 2.61. The molecule has 0 saturated carbocycles. The van der Waals surface area contributed by atoms with Gasteiger partial charge < -0.3 is 9.47 Å². The van der Waals surface area contributed by atoms with Gasteiger partial charge in [-0.1, -0.05) is 17.7 Å². The molecule has 30 heavy (non-hydrogen) atoms. The molecule has 4 rings (SSSR count). The molecule has 0 aliphatic heterocycles. The summed E-state index contributed by atoms with van der Waals surface area (Å²) >= 11 is 6.44. The first-order valence-electron chi connectivity index (χ1n) is 9.05. The maximum atomic E-state index is 12.3. The van der Waals surface area contributed by atoms with E-state index in [-0.39, 0.29) is 12.3 Å². The van der Waals surface area contributed by atoms with Crippen LogP contribution < -0.4 is 15.2 Å². The van der Waals surface area contributed by atoms with Gasteiger partial charge in [0.1, 0.15) is 18.1 Å². The van der Waals surface area contributed by atoms with Gasteiger partial charge in [-0.3, -0.25) is 4.68 Å². The van der Waals surface area contributed by atoms with Crippen LogP contribution in [0.2, 0.25) is 5.02 Å². The van der Waals surface area contributed by atoms with Gasteiger partial charge in [-0.25, -0.2) is 4.79 Å². The molecule has 4 aromatic rings. The lowest BCUT2D eigenvalue weighted by atomic mass is 10.1. The van der Waals surface area contributed by atoms with Gasteiger partial charge in [0.2, 0.25) is 0 Å². The minimum absolute atomic E-state index is 0.116. The fraction of sp³-hybridized carbons (Fsp3) is 0.200. The quantitative estimate of drug-likeness (QED) is 0.471. The third-order valence-corrected chi connectivity index (χ3v) is 4.89. The summed E-state index contributed by atoms with van der Waals surface area (Å²) in [5, 5.41) is 12.5. The van der Waals surface area contributed by atoms with Crippen molar-refractivity contribution in [2.24, 2.45) is 14.1 Å². The molecule has 0 radical (unpaired) electrons. The Kier molecular flexibility index (Phi) is 5.28. The Morgan fingerprint density at radius 2 is 1.90 bits per heavy atom. The van der Waals surface area contributed by atoms with Gasteiger partial charge in [0.05, 0.1) is 29.1 Å². The lowest BCUT2D eigenvalue weighted by molar-refractivity contribution is 0.296. The molecular formula is C20H19ClN6O3. The number of nitrogens with zero attached hydrogens (tertiary/aromatic N) is 6. The first-order valence-corrected chi connectivity index (χ1v) is 9.43. The number of aryl methyl sites for hydroxylation is 2. The largest absolute Gasteiger partial charge is 0.496 e. The van der Waals surface area contributed by atoms with E-state index in [1.54, 1.807) is 42.1 Å². The van der Waals surface area contributed by atoms with Crippen LogP contribution in [0, 0.1) is 0 Å². The SMILES string of the molecule is COc1cccc(-n2nnn(C)c2=O)c1COc1ccc(-c2ccn(C)n2)cc1Cl. The van der Waals surface area contributed by atoms with Gasteiger partial charge in [0.15, 0.2) is 0 Å². The number of hydrogen-bond donors (Lipinski definition) is 0. The standard InChI is InChI=1S/C20H19ClN6O3/c1-25-10-9-16(22-25)13-7-8-19(15(21)11-13)30-12-14-17(5-4-6-18(14)29-3)27-20(28)26(2)23-24-27/h4-11H,12H2,1-3H3. The smallest absolute Gasteiger partial charge is 0.368 e. The van der Waals surface area contributed by atoms with Gasteiger partial charge >= 0.3 is 5.69 Å². The molecular weight excluding hydrogens is 408 g/mol. The number of ether oxygens (including phenoxy) is 2. The number of methoxy groups -OCH3 is 1. The van der Waals surface area contributed by atoms with E-state index in [1.807, 2.05) is 25.4 Å². The fourth-order valence-electron chi connectivity index (χ4n) is 3.05. The number of halogens is 1. The van der Waals surface area contributed by atoms with Crippen LogP contribution in [0.4, 0.5) is 0 Å². The van der Waals surface area contributed by atoms with Gasteiger partial charge in [-0.05, 0) is 46.8 Å². The number of tetrazole rings is 1.